The highest BCUT2D eigenvalue weighted by Crippen LogP contribution is 2.36. The molecule has 0 saturated heterocycles. The maximum absolute atomic E-state index is 10.4. The number of hydrogen-bond donors (Lipinski definition) is 1. The highest BCUT2D eigenvalue weighted by atomic mass is 32.1. The Morgan fingerprint density at radius 3 is 2.53 bits per heavy atom. The van der Waals surface area contributed by atoms with Crippen molar-refractivity contribution in [2.24, 2.45) is 0 Å². The Kier molecular flexibility index (Phi) is 3.11. The van der Waals surface area contributed by atoms with Gasteiger partial charge in [-0.1, -0.05) is 41.7 Å². The average molecular weight is 239 g/mol. The Morgan fingerprint density at radius 2 is 1.87 bits per heavy atom. The van der Waals surface area contributed by atoms with Crippen LogP contribution in [0.5, 0.6) is 5.06 Å². The van der Waals surface area contributed by atoms with Crippen molar-refractivity contribution in [1.82, 2.24) is 0 Å². The van der Waals surface area contributed by atoms with Gasteiger partial charge >= 0.3 is 8.25 Å². The van der Waals surface area contributed by atoms with Gasteiger partial charge in [-0.15, -0.1) is 4.89 Å². The second-order valence-electron chi connectivity index (χ2n) is 2.81. The van der Waals surface area contributed by atoms with Crippen molar-refractivity contribution in [3.05, 3.63) is 42.5 Å². The van der Waals surface area contributed by atoms with E-state index in [-0.39, 0.29) is 0 Å². The quantitative estimate of drug-likeness (QED) is 0.834. The van der Waals surface area contributed by atoms with E-state index in [4.69, 9.17) is 9.42 Å². The summed E-state index contributed by atoms with van der Waals surface area (Å²) in [6.45, 7) is 0. The van der Waals surface area contributed by atoms with Crippen LogP contribution in [0.25, 0.3) is 10.4 Å². The van der Waals surface area contributed by atoms with Crippen molar-refractivity contribution in [3.8, 4) is 15.5 Å². The lowest BCUT2D eigenvalue weighted by Gasteiger charge is -1.93. The van der Waals surface area contributed by atoms with Gasteiger partial charge in [-0.2, -0.15) is 0 Å². The molecule has 0 fully saturated rings. The second kappa shape index (κ2) is 4.53. The maximum Gasteiger partial charge on any atom is 0.748 e. The van der Waals surface area contributed by atoms with Crippen LogP contribution in [0, 0.1) is 0 Å². The molecule has 0 bridgehead atoms. The van der Waals surface area contributed by atoms with Gasteiger partial charge in [0.1, 0.15) is 0 Å². The van der Waals surface area contributed by atoms with E-state index in [0.717, 1.165) is 10.4 Å². The molecule has 1 aromatic heterocycles. The van der Waals surface area contributed by atoms with Gasteiger partial charge in [-0.05, 0) is 17.7 Å². The van der Waals surface area contributed by atoms with Crippen LogP contribution < -0.4 is 4.52 Å². The smallest absolute Gasteiger partial charge is 0.218 e. The summed E-state index contributed by atoms with van der Waals surface area (Å²) in [5.74, 6) is 0. The molecule has 0 amide bonds. The lowest BCUT2D eigenvalue weighted by Crippen LogP contribution is -1.72. The van der Waals surface area contributed by atoms with Crippen LogP contribution in [0.15, 0.2) is 42.5 Å². The van der Waals surface area contributed by atoms with Gasteiger partial charge in [0.05, 0.1) is 0 Å². The summed E-state index contributed by atoms with van der Waals surface area (Å²) < 4.78 is 15.1. The third-order valence-electron chi connectivity index (χ3n) is 1.81. The Hall–Kier alpha value is -1.22. The number of rotatable bonds is 3. The molecule has 1 atom stereocenters. The topological polar surface area (TPSA) is 46.5 Å². The van der Waals surface area contributed by atoms with E-state index in [1.807, 2.05) is 36.4 Å². The fraction of sp³-hybridized carbons (Fsp3) is 0. The van der Waals surface area contributed by atoms with E-state index in [9.17, 15) is 4.57 Å². The van der Waals surface area contributed by atoms with Crippen molar-refractivity contribution in [2.45, 2.75) is 0 Å². The minimum atomic E-state index is -2.57. The highest BCUT2D eigenvalue weighted by molar-refractivity contribution is 7.33. The first-order chi connectivity index (χ1) is 7.25. The van der Waals surface area contributed by atoms with Crippen molar-refractivity contribution in [2.75, 3.05) is 0 Å². The van der Waals surface area contributed by atoms with Crippen molar-refractivity contribution in [1.29, 1.82) is 0 Å². The van der Waals surface area contributed by atoms with Crippen LogP contribution in [0.3, 0.4) is 0 Å². The van der Waals surface area contributed by atoms with E-state index in [1.165, 1.54) is 11.3 Å². The summed E-state index contributed by atoms with van der Waals surface area (Å²) in [5.41, 5.74) is 1.07. The third-order valence-corrected chi connectivity index (χ3v) is 3.30. The molecule has 0 saturated carbocycles. The molecule has 15 heavy (non-hydrogen) atoms. The molecule has 0 aliphatic rings. The summed E-state index contributed by atoms with van der Waals surface area (Å²) >= 11 is 1.35. The predicted molar refractivity (Wildman–Crippen MR) is 60.2 cm³/mol. The lowest BCUT2D eigenvalue weighted by atomic mass is 10.2. The molecule has 0 spiro atoms. The SMILES string of the molecule is O=[P+](O)Oc1ccc(-c2ccccc2)s1. The summed E-state index contributed by atoms with van der Waals surface area (Å²) in [4.78, 5) is 9.60. The van der Waals surface area contributed by atoms with E-state index in [0.29, 0.717) is 5.06 Å². The van der Waals surface area contributed by atoms with E-state index >= 15 is 0 Å². The van der Waals surface area contributed by atoms with Crippen LogP contribution in [-0.4, -0.2) is 4.89 Å². The zero-order valence-corrected chi connectivity index (χ0v) is 9.37. The van der Waals surface area contributed by atoms with Gasteiger partial charge in [0.25, 0.3) is 0 Å². The number of benzene rings is 1. The Balaban J connectivity index is 2.24. The fourth-order valence-corrected chi connectivity index (χ4v) is 2.50. The molecule has 1 unspecified atom stereocenters. The van der Waals surface area contributed by atoms with Gasteiger partial charge in [0.2, 0.25) is 5.06 Å². The first kappa shape index (κ1) is 10.3. The lowest BCUT2D eigenvalue weighted by molar-refractivity contribution is 0.415. The number of hydrogen-bond acceptors (Lipinski definition) is 3. The van der Waals surface area contributed by atoms with Crippen LogP contribution in [0.4, 0.5) is 0 Å². The van der Waals surface area contributed by atoms with Crippen LogP contribution >= 0.6 is 19.6 Å². The largest absolute Gasteiger partial charge is 0.748 e. The molecule has 76 valence electrons. The zero-order chi connectivity index (χ0) is 10.7. The molecule has 2 rings (SSSR count). The van der Waals surface area contributed by atoms with Gasteiger partial charge < -0.3 is 0 Å². The van der Waals surface area contributed by atoms with Crippen molar-refractivity contribution >= 4 is 19.6 Å². The molecular weight excluding hydrogens is 231 g/mol. The summed E-state index contributed by atoms with van der Waals surface area (Å²) in [7, 11) is -2.57. The molecular formula is C10H8O3PS+. The van der Waals surface area contributed by atoms with E-state index in [2.05, 4.69) is 0 Å². The first-order valence-electron chi connectivity index (χ1n) is 4.25. The van der Waals surface area contributed by atoms with Crippen LogP contribution in [-0.2, 0) is 4.57 Å². The monoisotopic (exact) mass is 239 g/mol. The Labute approximate surface area is 91.9 Å². The second-order valence-corrected chi connectivity index (χ2v) is 4.52. The molecule has 3 nitrogen and oxygen atoms in total. The van der Waals surface area contributed by atoms with Gasteiger partial charge in [0.15, 0.2) is 0 Å². The molecule has 5 heteroatoms. The molecule has 1 heterocycles. The molecule has 0 aliphatic carbocycles. The third kappa shape index (κ3) is 2.63. The van der Waals surface area contributed by atoms with E-state index in [1.54, 1.807) is 6.07 Å². The molecule has 0 radical (unpaired) electrons. The maximum atomic E-state index is 10.4. The van der Waals surface area contributed by atoms with Crippen LogP contribution in [0.2, 0.25) is 0 Å². The standard InChI is InChI=1S/C10H7O3PS/c11-14(12)13-10-7-6-9(15-10)8-4-2-1-3-5-8/h1-7H/p+1. The van der Waals surface area contributed by atoms with Crippen LogP contribution in [0.1, 0.15) is 0 Å². The molecule has 0 aliphatic heterocycles. The Morgan fingerprint density at radius 1 is 1.13 bits per heavy atom. The fourth-order valence-electron chi connectivity index (χ4n) is 1.20. The summed E-state index contributed by atoms with van der Waals surface area (Å²) in [6, 6.07) is 13.4. The minimum Gasteiger partial charge on any atom is -0.218 e. The minimum absolute atomic E-state index is 0.456. The highest BCUT2D eigenvalue weighted by Gasteiger charge is 2.16. The first-order valence-corrected chi connectivity index (χ1v) is 6.20. The molecule has 1 N–H and O–H groups in total. The van der Waals surface area contributed by atoms with Crippen molar-refractivity contribution < 1.29 is 14.0 Å². The number of thiophene rings is 1. The summed E-state index contributed by atoms with van der Waals surface area (Å²) in [6.07, 6.45) is 0. The average Bonchev–Trinajstić information content (AvgIpc) is 2.67. The Bertz CT molecular complexity index is 467. The van der Waals surface area contributed by atoms with Crippen molar-refractivity contribution in [3.63, 3.8) is 0 Å². The normalized spacial score (nSPS) is 11.1. The van der Waals surface area contributed by atoms with Gasteiger partial charge in [-0.3, -0.25) is 0 Å². The van der Waals surface area contributed by atoms with Gasteiger partial charge in [-0.25, -0.2) is 4.52 Å². The van der Waals surface area contributed by atoms with Gasteiger partial charge in [0, 0.05) is 9.44 Å². The predicted octanol–water partition coefficient (Wildman–Crippen LogP) is 3.44. The summed E-state index contributed by atoms with van der Waals surface area (Å²) in [5, 5.41) is 0.456. The van der Waals surface area contributed by atoms with E-state index < -0.39 is 8.25 Å². The molecule has 1 aromatic carbocycles. The molecule has 2 aromatic rings. The zero-order valence-electron chi connectivity index (χ0n) is 7.66.